The molecule has 12 heavy (non-hydrogen) atoms. The predicted molar refractivity (Wildman–Crippen MR) is 58.4 cm³/mol. The van der Waals surface area contributed by atoms with E-state index in [4.69, 9.17) is 0 Å². The standard InChI is InChI=1S/C8H9BrO.C2H6/c1-3-5-7(6-10)8(9)4-2;1-2/h3-6H,1H2,2H3;1-2H3/b7-5-,8-4+;. The van der Waals surface area contributed by atoms with Crippen molar-refractivity contribution in [3.63, 3.8) is 0 Å². The number of allylic oxidation sites excluding steroid dienone is 5. The molecule has 0 radical (unpaired) electrons. The number of aldehydes is 1. The molecule has 0 unspecified atom stereocenters. The van der Waals surface area contributed by atoms with Gasteiger partial charge >= 0.3 is 0 Å². The van der Waals surface area contributed by atoms with E-state index in [0.29, 0.717) is 5.57 Å². The molecule has 0 rings (SSSR count). The summed E-state index contributed by atoms with van der Waals surface area (Å²) in [5, 5.41) is 0. The van der Waals surface area contributed by atoms with Crippen molar-refractivity contribution in [2.45, 2.75) is 20.8 Å². The van der Waals surface area contributed by atoms with Gasteiger partial charge in [-0.15, -0.1) is 0 Å². The Hall–Kier alpha value is -0.630. The molecule has 0 N–H and O–H groups in total. The molecule has 0 bridgehead atoms. The molecule has 0 aliphatic heterocycles. The second kappa shape index (κ2) is 10.4. The maximum Gasteiger partial charge on any atom is 0.151 e. The summed E-state index contributed by atoms with van der Waals surface area (Å²) in [5.74, 6) is 0. The Bertz CT molecular complexity index is 190. The highest BCUT2D eigenvalue weighted by Crippen LogP contribution is 2.14. The summed E-state index contributed by atoms with van der Waals surface area (Å²) in [4.78, 5) is 10.3. The maximum absolute atomic E-state index is 10.3. The topological polar surface area (TPSA) is 17.1 Å². The molecule has 1 nitrogen and oxygen atoms in total. The van der Waals surface area contributed by atoms with Gasteiger partial charge in [0, 0.05) is 10.1 Å². The summed E-state index contributed by atoms with van der Waals surface area (Å²) in [5.41, 5.74) is 0.609. The van der Waals surface area contributed by atoms with Gasteiger partial charge in [0.05, 0.1) is 0 Å². The molecule has 0 aromatic rings. The van der Waals surface area contributed by atoms with Crippen LogP contribution in [-0.2, 0) is 4.79 Å². The fraction of sp³-hybridized carbons (Fsp3) is 0.300. The first kappa shape index (κ1) is 13.9. The minimum atomic E-state index is 0.609. The van der Waals surface area contributed by atoms with Crippen molar-refractivity contribution in [3.8, 4) is 0 Å². The van der Waals surface area contributed by atoms with E-state index in [2.05, 4.69) is 22.5 Å². The van der Waals surface area contributed by atoms with Crippen LogP contribution in [0.1, 0.15) is 20.8 Å². The number of rotatable bonds is 3. The number of carbonyl (C=O) groups excluding carboxylic acids is 1. The molecule has 0 amide bonds. The molecule has 0 saturated carbocycles. The number of hydrogen-bond donors (Lipinski definition) is 0. The molecule has 0 aromatic carbocycles. The second-order valence-corrected chi connectivity index (χ2v) is 2.47. The van der Waals surface area contributed by atoms with Gasteiger partial charge in [0.25, 0.3) is 0 Å². The lowest BCUT2D eigenvalue weighted by Gasteiger charge is -1.92. The summed E-state index contributed by atoms with van der Waals surface area (Å²) in [6, 6.07) is 0. The smallest absolute Gasteiger partial charge is 0.151 e. The van der Waals surface area contributed by atoms with Gasteiger partial charge in [0.2, 0.25) is 0 Å². The van der Waals surface area contributed by atoms with Crippen LogP contribution in [0.25, 0.3) is 0 Å². The lowest BCUT2D eigenvalue weighted by molar-refractivity contribution is -0.104. The van der Waals surface area contributed by atoms with E-state index >= 15 is 0 Å². The fourth-order valence-corrected chi connectivity index (χ4v) is 0.694. The minimum Gasteiger partial charge on any atom is -0.298 e. The van der Waals surface area contributed by atoms with Crippen molar-refractivity contribution in [3.05, 3.63) is 34.9 Å². The Balaban J connectivity index is 0. The average Bonchev–Trinajstić information content (AvgIpc) is 2.16. The van der Waals surface area contributed by atoms with Crippen LogP contribution in [0.5, 0.6) is 0 Å². The molecule has 0 aliphatic rings. The first-order valence-electron chi connectivity index (χ1n) is 3.86. The van der Waals surface area contributed by atoms with Gasteiger partial charge in [-0.3, -0.25) is 4.79 Å². The van der Waals surface area contributed by atoms with Crippen LogP contribution >= 0.6 is 15.9 Å². The van der Waals surface area contributed by atoms with Gasteiger partial charge in [0.1, 0.15) is 0 Å². The minimum absolute atomic E-state index is 0.609. The third-order valence-corrected chi connectivity index (χ3v) is 1.87. The van der Waals surface area contributed by atoms with Crippen molar-refractivity contribution in [2.75, 3.05) is 0 Å². The van der Waals surface area contributed by atoms with Gasteiger partial charge in [-0.1, -0.05) is 54.6 Å². The molecule has 68 valence electrons. The highest BCUT2D eigenvalue weighted by Gasteiger charge is 1.94. The third-order valence-electron chi connectivity index (χ3n) is 0.954. The van der Waals surface area contributed by atoms with E-state index in [-0.39, 0.29) is 0 Å². The first-order chi connectivity index (χ1) is 5.76. The average molecular weight is 231 g/mol. The molecular weight excluding hydrogens is 216 g/mol. The van der Waals surface area contributed by atoms with Gasteiger partial charge in [-0.05, 0) is 6.92 Å². The predicted octanol–water partition coefficient (Wildman–Crippen LogP) is 3.62. The molecule has 0 saturated heterocycles. The summed E-state index contributed by atoms with van der Waals surface area (Å²) in [6.45, 7) is 9.33. The van der Waals surface area contributed by atoms with Crippen molar-refractivity contribution >= 4 is 22.2 Å². The molecule has 0 heterocycles. The lowest BCUT2D eigenvalue weighted by atomic mass is 10.2. The Morgan fingerprint density at radius 2 is 1.92 bits per heavy atom. The van der Waals surface area contributed by atoms with Crippen molar-refractivity contribution in [2.24, 2.45) is 0 Å². The van der Waals surface area contributed by atoms with Crippen LogP contribution < -0.4 is 0 Å². The number of halogens is 1. The van der Waals surface area contributed by atoms with Crippen molar-refractivity contribution < 1.29 is 4.79 Å². The zero-order valence-corrected chi connectivity index (χ0v) is 9.39. The van der Waals surface area contributed by atoms with Gasteiger partial charge in [-0.25, -0.2) is 0 Å². The highest BCUT2D eigenvalue weighted by molar-refractivity contribution is 9.12. The Morgan fingerprint density at radius 3 is 2.17 bits per heavy atom. The van der Waals surface area contributed by atoms with Gasteiger partial charge < -0.3 is 0 Å². The molecule has 0 atom stereocenters. The first-order valence-corrected chi connectivity index (χ1v) is 4.65. The molecule has 2 heteroatoms. The van der Waals surface area contributed by atoms with E-state index in [9.17, 15) is 4.79 Å². The molecular formula is C10H15BrO. The van der Waals surface area contributed by atoms with Crippen molar-refractivity contribution in [1.29, 1.82) is 0 Å². The van der Waals surface area contributed by atoms with E-state index in [1.54, 1.807) is 12.2 Å². The Kier molecular flexibility index (Phi) is 12.0. The van der Waals surface area contributed by atoms with E-state index < -0.39 is 0 Å². The van der Waals surface area contributed by atoms with Crippen LogP contribution in [0.2, 0.25) is 0 Å². The number of carbonyl (C=O) groups is 1. The Morgan fingerprint density at radius 1 is 1.42 bits per heavy atom. The molecule has 0 fully saturated rings. The van der Waals surface area contributed by atoms with Crippen LogP contribution in [0.15, 0.2) is 34.9 Å². The number of hydrogen-bond acceptors (Lipinski definition) is 1. The summed E-state index contributed by atoms with van der Waals surface area (Å²) >= 11 is 3.22. The third kappa shape index (κ3) is 6.10. The largest absolute Gasteiger partial charge is 0.298 e. The molecule has 0 aliphatic carbocycles. The SMILES string of the molecule is C=C/C=C(C=O)\C(Br)=C/C.CC. The summed E-state index contributed by atoms with van der Waals surface area (Å²) < 4.78 is 0.794. The van der Waals surface area contributed by atoms with E-state index in [1.807, 2.05) is 26.8 Å². The van der Waals surface area contributed by atoms with Crippen LogP contribution in [0, 0.1) is 0 Å². The summed E-state index contributed by atoms with van der Waals surface area (Å²) in [7, 11) is 0. The quantitative estimate of drug-likeness (QED) is 0.412. The zero-order chi connectivity index (χ0) is 9.98. The lowest BCUT2D eigenvalue weighted by Crippen LogP contribution is -1.81. The normalized spacial score (nSPS) is 11.3. The maximum atomic E-state index is 10.3. The monoisotopic (exact) mass is 230 g/mol. The summed E-state index contributed by atoms with van der Waals surface area (Å²) in [6.07, 6.45) is 5.82. The van der Waals surface area contributed by atoms with Gasteiger partial charge in [-0.2, -0.15) is 0 Å². The Labute approximate surface area is 83.0 Å². The van der Waals surface area contributed by atoms with Crippen LogP contribution in [-0.4, -0.2) is 6.29 Å². The van der Waals surface area contributed by atoms with Gasteiger partial charge in [0.15, 0.2) is 6.29 Å². The molecule has 0 aromatic heterocycles. The molecule has 0 spiro atoms. The van der Waals surface area contributed by atoms with E-state index in [0.717, 1.165) is 10.8 Å². The second-order valence-electron chi connectivity index (χ2n) is 1.61. The van der Waals surface area contributed by atoms with E-state index in [1.165, 1.54) is 0 Å². The van der Waals surface area contributed by atoms with Crippen molar-refractivity contribution in [1.82, 2.24) is 0 Å². The fourth-order valence-electron chi connectivity index (χ4n) is 0.469. The zero-order valence-electron chi connectivity index (χ0n) is 7.80. The van der Waals surface area contributed by atoms with Crippen LogP contribution in [0.3, 0.4) is 0 Å². The van der Waals surface area contributed by atoms with Crippen LogP contribution in [0.4, 0.5) is 0 Å². The highest BCUT2D eigenvalue weighted by atomic mass is 79.9.